The second-order valence-electron chi connectivity index (χ2n) is 7.67. The van der Waals surface area contributed by atoms with Gasteiger partial charge in [0.05, 0.1) is 6.54 Å². The Bertz CT molecular complexity index is 677. The maximum absolute atomic E-state index is 12.3. The van der Waals surface area contributed by atoms with Crippen molar-refractivity contribution in [2.24, 2.45) is 0 Å². The van der Waals surface area contributed by atoms with Gasteiger partial charge in [-0.05, 0) is 64.3 Å². The molecule has 0 saturated carbocycles. The zero-order chi connectivity index (χ0) is 18.9. The normalized spacial score (nSPS) is 20.5. The summed E-state index contributed by atoms with van der Waals surface area (Å²) in [7, 11) is 0. The molecule has 1 aliphatic heterocycles. The SMILES string of the molecule is Cc1cc(C)c(C)c(O[C@H]2C[C@@H](C(=O)O)N(C(=O)OC(C)(C)C)C2)c1. The van der Waals surface area contributed by atoms with Crippen LogP contribution in [0.2, 0.25) is 0 Å². The third-order valence-corrected chi connectivity index (χ3v) is 4.23. The van der Waals surface area contributed by atoms with Gasteiger partial charge in [-0.2, -0.15) is 0 Å². The summed E-state index contributed by atoms with van der Waals surface area (Å²) in [6.45, 7) is 11.4. The summed E-state index contributed by atoms with van der Waals surface area (Å²) in [5.74, 6) is -0.313. The lowest BCUT2D eigenvalue weighted by atomic mass is 10.1. The number of carbonyl (C=O) groups is 2. The Morgan fingerprint density at radius 3 is 2.40 bits per heavy atom. The molecular formula is C19H27NO5. The molecule has 2 atom stereocenters. The van der Waals surface area contributed by atoms with Gasteiger partial charge in [-0.1, -0.05) is 6.07 Å². The van der Waals surface area contributed by atoms with Gasteiger partial charge in [-0.15, -0.1) is 0 Å². The fourth-order valence-electron chi connectivity index (χ4n) is 2.94. The highest BCUT2D eigenvalue weighted by Crippen LogP contribution is 2.29. The molecule has 0 aliphatic carbocycles. The molecule has 2 rings (SSSR count). The average Bonchev–Trinajstić information content (AvgIpc) is 2.86. The van der Waals surface area contributed by atoms with Crippen molar-refractivity contribution in [2.75, 3.05) is 6.54 Å². The first kappa shape index (κ1) is 19.1. The number of rotatable bonds is 3. The molecule has 1 fully saturated rings. The van der Waals surface area contributed by atoms with E-state index in [4.69, 9.17) is 9.47 Å². The molecule has 0 unspecified atom stereocenters. The van der Waals surface area contributed by atoms with Gasteiger partial charge in [0.2, 0.25) is 0 Å². The Kier molecular flexibility index (Phi) is 5.30. The predicted octanol–water partition coefficient (Wildman–Crippen LogP) is 3.45. The number of likely N-dealkylation sites (tertiary alicyclic amines) is 1. The van der Waals surface area contributed by atoms with E-state index in [1.807, 2.05) is 26.8 Å². The van der Waals surface area contributed by atoms with Crippen molar-refractivity contribution in [3.8, 4) is 5.75 Å². The number of hydrogen-bond acceptors (Lipinski definition) is 4. The van der Waals surface area contributed by atoms with Crippen molar-refractivity contribution in [2.45, 2.75) is 65.7 Å². The number of carboxylic acid groups (broad SMARTS) is 1. The van der Waals surface area contributed by atoms with Gasteiger partial charge in [-0.25, -0.2) is 9.59 Å². The van der Waals surface area contributed by atoms with Gasteiger partial charge in [0, 0.05) is 6.42 Å². The molecule has 1 aliphatic rings. The van der Waals surface area contributed by atoms with E-state index in [1.165, 1.54) is 4.90 Å². The smallest absolute Gasteiger partial charge is 0.411 e. The zero-order valence-corrected chi connectivity index (χ0v) is 15.8. The Morgan fingerprint density at radius 2 is 1.84 bits per heavy atom. The summed E-state index contributed by atoms with van der Waals surface area (Å²) < 4.78 is 11.4. The van der Waals surface area contributed by atoms with Crippen molar-refractivity contribution >= 4 is 12.1 Å². The fraction of sp³-hybridized carbons (Fsp3) is 0.579. The van der Waals surface area contributed by atoms with Crippen LogP contribution >= 0.6 is 0 Å². The molecule has 0 bridgehead atoms. The second kappa shape index (κ2) is 6.94. The molecule has 1 amide bonds. The van der Waals surface area contributed by atoms with Crippen LogP contribution < -0.4 is 4.74 Å². The first-order chi connectivity index (χ1) is 11.5. The average molecular weight is 349 g/mol. The van der Waals surface area contributed by atoms with E-state index >= 15 is 0 Å². The zero-order valence-electron chi connectivity index (χ0n) is 15.8. The third-order valence-electron chi connectivity index (χ3n) is 4.23. The Morgan fingerprint density at radius 1 is 1.20 bits per heavy atom. The van der Waals surface area contributed by atoms with E-state index in [0.717, 1.165) is 22.4 Å². The van der Waals surface area contributed by atoms with Crippen LogP contribution in [-0.2, 0) is 9.53 Å². The number of aliphatic carboxylic acids is 1. The maximum Gasteiger partial charge on any atom is 0.411 e. The number of carboxylic acids is 1. The topological polar surface area (TPSA) is 76.1 Å². The second-order valence-corrected chi connectivity index (χ2v) is 7.67. The van der Waals surface area contributed by atoms with Crippen molar-refractivity contribution in [3.63, 3.8) is 0 Å². The van der Waals surface area contributed by atoms with Crippen molar-refractivity contribution in [1.29, 1.82) is 0 Å². The van der Waals surface area contributed by atoms with E-state index in [9.17, 15) is 14.7 Å². The van der Waals surface area contributed by atoms with Crippen LogP contribution in [0.15, 0.2) is 12.1 Å². The lowest BCUT2D eigenvalue weighted by Crippen LogP contribution is -2.43. The fourth-order valence-corrected chi connectivity index (χ4v) is 2.94. The van der Waals surface area contributed by atoms with Gasteiger partial charge in [0.25, 0.3) is 0 Å². The summed E-state index contributed by atoms with van der Waals surface area (Å²) in [5, 5.41) is 9.45. The Balaban J connectivity index is 2.17. The molecule has 25 heavy (non-hydrogen) atoms. The number of aryl methyl sites for hydroxylation is 2. The molecule has 1 aromatic rings. The van der Waals surface area contributed by atoms with Crippen LogP contribution in [0.1, 0.15) is 43.9 Å². The molecule has 138 valence electrons. The molecule has 0 radical (unpaired) electrons. The highest BCUT2D eigenvalue weighted by molar-refractivity contribution is 5.81. The van der Waals surface area contributed by atoms with Crippen LogP contribution in [0.4, 0.5) is 4.79 Å². The monoisotopic (exact) mass is 349 g/mol. The molecule has 6 heteroatoms. The summed E-state index contributed by atoms with van der Waals surface area (Å²) >= 11 is 0. The standard InChI is InChI=1S/C19H27NO5/c1-11-7-12(2)13(3)16(8-11)24-14-9-15(17(21)22)20(10-14)18(23)25-19(4,5)6/h7-8,14-15H,9-10H2,1-6H3,(H,21,22)/t14-,15-/m0/s1. The Labute approximate surface area is 148 Å². The molecule has 1 aromatic carbocycles. The molecule has 1 saturated heterocycles. The largest absolute Gasteiger partial charge is 0.488 e. The van der Waals surface area contributed by atoms with Gasteiger partial charge < -0.3 is 14.6 Å². The first-order valence-electron chi connectivity index (χ1n) is 8.45. The highest BCUT2D eigenvalue weighted by atomic mass is 16.6. The molecule has 1 heterocycles. The van der Waals surface area contributed by atoms with E-state index in [2.05, 4.69) is 6.07 Å². The minimum absolute atomic E-state index is 0.193. The number of benzene rings is 1. The molecule has 6 nitrogen and oxygen atoms in total. The van der Waals surface area contributed by atoms with Crippen LogP contribution in [0, 0.1) is 20.8 Å². The molecular weight excluding hydrogens is 322 g/mol. The van der Waals surface area contributed by atoms with E-state index in [0.29, 0.717) is 0 Å². The van der Waals surface area contributed by atoms with Crippen molar-refractivity contribution in [3.05, 3.63) is 28.8 Å². The highest BCUT2D eigenvalue weighted by Gasteiger charge is 2.42. The van der Waals surface area contributed by atoms with Crippen LogP contribution in [-0.4, -0.2) is 46.4 Å². The van der Waals surface area contributed by atoms with Gasteiger partial charge in [-0.3, -0.25) is 4.90 Å². The van der Waals surface area contributed by atoms with Crippen molar-refractivity contribution < 1.29 is 24.2 Å². The van der Waals surface area contributed by atoms with E-state index in [-0.39, 0.29) is 19.1 Å². The third kappa shape index (κ3) is 4.65. The number of carbonyl (C=O) groups excluding carboxylic acids is 1. The Hall–Kier alpha value is -2.24. The van der Waals surface area contributed by atoms with Crippen LogP contribution in [0.3, 0.4) is 0 Å². The van der Waals surface area contributed by atoms with Gasteiger partial charge in [0.15, 0.2) is 0 Å². The number of ether oxygens (including phenoxy) is 2. The molecule has 1 N–H and O–H groups in total. The minimum Gasteiger partial charge on any atom is -0.488 e. The lowest BCUT2D eigenvalue weighted by molar-refractivity contribution is -0.142. The summed E-state index contributed by atoms with van der Waals surface area (Å²) in [6, 6.07) is 3.07. The maximum atomic E-state index is 12.3. The molecule has 0 aromatic heterocycles. The minimum atomic E-state index is -1.05. The number of hydrogen-bond donors (Lipinski definition) is 1. The van der Waals surface area contributed by atoms with Gasteiger partial charge in [0.1, 0.15) is 23.5 Å². The first-order valence-corrected chi connectivity index (χ1v) is 8.45. The summed E-state index contributed by atoms with van der Waals surface area (Å²) in [4.78, 5) is 25.1. The van der Waals surface area contributed by atoms with Crippen LogP contribution in [0.5, 0.6) is 5.75 Å². The van der Waals surface area contributed by atoms with E-state index < -0.39 is 23.7 Å². The number of amides is 1. The van der Waals surface area contributed by atoms with Crippen LogP contribution in [0.25, 0.3) is 0 Å². The molecule has 0 spiro atoms. The number of nitrogens with zero attached hydrogens (tertiary/aromatic N) is 1. The summed E-state index contributed by atoms with van der Waals surface area (Å²) in [5.41, 5.74) is 2.54. The predicted molar refractivity (Wildman–Crippen MR) is 94.0 cm³/mol. The van der Waals surface area contributed by atoms with E-state index in [1.54, 1.807) is 20.8 Å². The lowest BCUT2D eigenvalue weighted by Gasteiger charge is -2.26. The summed E-state index contributed by atoms with van der Waals surface area (Å²) in [6.07, 6.45) is -0.766. The van der Waals surface area contributed by atoms with Gasteiger partial charge >= 0.3 is 12.1 Å². The quantitative estimate of drug-likeness (QED) is 0.904. The van der Waals surface area contributed by atoms with Crippen molar-refractivity contribution in [1.82, 2.24) is 4.90 Å².